The maximum atomic E-state index is 11.3. The zero-order chi connectivity index (χ0) is 12.0. The van der Waals surface area contributed by atoms with Crippen molar-refractivity contribution >= 4 is 23.6 Å². The number of aliphatic hydroxyl groups excluding tert-OH is 1. The molecule has 16 heavy (non-hydrogen) atoms. The van der Waals surface area contributed by atoms with Crippen LogP contribution in [-0.2, 0) is 4.79 Å². The SMILES string of the molecule is C[C@@H](O)CNC(=O)/C=C/c1ccc(Cl)cc1. The summed E-state index contributed by atoms with van der Waals surface area (Å²) in [7, 11) is 0. The van der Waals surface area contributed by atoms with Crippen molar-refractivity contribution in [3.05, 3.63) is 40.9 Å². The molecule has 3 nitrogen and oxygen atoms in total. The Labute approximate surface area is 99.7 Å². The fourth-order valence-corrected chi connectivity index (χ4v) is 1.18. The summed E-state index contributed by atoms with van der Waals surface area (Å²) in [6, 6.07) is 7.16. The number of halogens is 1. The molecule has 1 aromatic carbocycles. The minimum Gasteiger partial charge on any atom is -0.392 e. The van der Waals surface area contributed by atoms with Gasteiger partial charge in [0.25, 0.3) is 0 Å². The lowest BCUT2D eigenvalue weighted by Gasteiger charge is -2.03. The first-order chi connectivity index (χ1) is 7.58. The number of rotatable bonds is 4. The maximum absolute atomic E-state index is 11.3. The summed E-state index contributed by atoms with van der Waals surface area (Å²) in [5.74, 6) is -0.226. The van der Waals surface area contributed by atoms with Gasteiger partial charge in [0, 0.05) is 17.6 Å². The molecular formula is C12H14ClNO2. The largest absolute Gasteiger partial charge is 0.392 e. The van der Waals surface area contributed by atoms with E-state index in [1.807, 2.05) is 12.1 Å². The fraction of sp³-hybridized carbons (Fsp3) is 0.250. The highest BCUT2D eigenvalue weighted by Crippen LogP contribution is 2.10. The number of nitrogens with one attached hydrogen (secondary N) is 1. The van der Waals surface area contributed by atoms with Gasteiger partial charge in [-0.05, 0) is 30.7 Å². The van der Waals surface area contributed by atoms with Gasteiger partial charge in [0.2, 0.25) is 5.91 Å². The Balaban J connectivity index is 2.47. The van der Waals surface area contributed by atoms with Crippen molar-refractivity contribution < 1.29 is 9.90 Å². The molecule has 0 saturated heterocycles. The van der Waals surface area contributed by atoms with E-state index in [1.54, 1.807) is 25.1 Å². The fourth-order valence-electron chi connectivity index (χ4n) is 1.05. The van der Waals surface area contributed by atoms with Gasteiger partial charge < -0.3 is 10.4 Å². The van der Waals surface area contributed by atoms with E-state index in [1.165, 1.54) is 6.08 Å². The molecule has 4 heteroatoms. The molecule has 0 aliphatic rings. The lowest BCUT2D eigenvalue weighted by molar-refractivity contribution is -0.116. The molecule has 1 rings (SSSR count). The molecule has 0 radical (unpaired) electrons. The molecule has 0 aromatic heterocycles. The van der Waals surface area contributed by atoms with Crippen LogP contribution < -0.4 is 5.32 Å². The van der Waals surface area contributed by atoms with Crippen LogP contribution in [0.2, 0.25) is 5.02 Å². The number of hydrogen-bond acceptors (Lipinski definition) is 2. The molecule has 86 valence electrons. The Kier molecular flexibility index (Phi) is 5.02. The average Bonchev–Trinajstić information content (AvgIpc) is 2.25. The van der Waals surface area contributed by atoms with E-state index in [9.17, 15) is 4.79 Å². The van der Waals surface area contributed by atoms with Gasteiger partial charge in [0.15, 0.2) is 0 Å². The summed E-state index contributed by atoms with van der Waals surface area (Å²) < 4.78 is 0. The van der Waals surface area contributed by atoms with Crippen LogP contribution in [0.3, 0.4) is 0 Å². The lowest BCUT2D eigenvalue weighted by Crippen LogP contribution is -2.28. The molecule has 0 heterocycles. The molecular weight excluding hydrogens is 226 g/mol. The molecule has 0 saturated carbocycles. The van der Waals surface area contributed by atoms with Crippen LogP contribution in [-0.4, -0.2) is 23.7 Å². The number of carbonyl (C=O) groups excluding carboxylic acids is 1. The molecule has 0 fully saturated rings. The van der Waals surface area contributed by atoms with Crippen LogP contribution in [0.1, 0.15) is 12.5 Å². The number of carbonyl (C=O) groups is 1. The first kappa shape index (κ1) is 12.7. The highest BCUT2D eigenvalue weighted by molar-refractivity contribution is 6.30. The Morgan fingerprint density at radius 1 is 1.50 bits per heavy atom. The zero-order valence-corrected chi connectivity index (χ0v) is 9.74. The van der Waals surface area contributed by atoms with Gasteiger partial charge in [-0.2, -0.15) is 0 Å². The van der Waals surface area contributed by atoms with Crippen LogP contribution in [0.4, 0.5) is 0 Å². The lowest BCUT2D eigenvalue weighted by atomic mass is 10.2. The van der Waals surface area contributed by atoms with E-state index in [-0.39, 0.29) is 12.5 Å². The van der Waals surface area contributed by atoms with E-state index in [0.29, 0.717) is 5.02 Å². The van der Waals surface area contributed by atoms with E-state index >= 15 is 0 Å². The van der Waals surface area contributed by atoms with Gasteiger partial charge in [-0.1, -0.05) is 23.7 Å². The third-order valence-corrected chi connectivity index (χ3v) is 2.12. The second kappa shape index (κ2) is 6.30. The second-order valence-corrected chi connectivity index (χ2v) is 3.92. The zero-order valence-electron chi connectivity index (χ0n) is 8.98. The van der Waals surface area contributed by atoms with Crippen molar-refractivity contribution in [2.45, 2.75) is 13.0 Å². The topological polar surface area (TPSA) is 49.3 Å². The number of aliphatic hydroxyl groups is 1. The van der Waals surface area contributed by atoms with Crippen LogP contribution in [0, 0.1) is 0 Å². The maximum Gasteiger partial charge on any atom is 0.244 e. The van der Waals surface area contributed by atoms with Crippen molar-refractivity contribution in [1.29, 1.82) is 0 Å². The minimum atomic E-state index is -0.534. The third-order valence-electron chi connectivity index (χ3n) is 1.87. The Bertz CT molecular complexity index is 371. The Morgan fingerprint density at radius 2 is 2.12 bits per heavy atom. The van der Waals surface area contributed by atoms with Gasteiger partial charge >= 0.3 is 0 Å². The molecule has 2 N–H and O–H groups in total. The predicted molar refractivity (Wildman–Crippen MR) is 65.2 cm³/mol. The summed E-state index contributed by atoms with van der Waals surface area (Å²) in [4.78, 5) is 11.3. The summed E-state index contributed by atoms with van der Waals surface area (Å²) in [5, 5.41) is 12.2. The first-order valence-electron chi connectivity index (χ1n) is 4.97. The van der Waals surface area contributed by atoms with Crippen molar-refractivity contribution in [3.8, 4) is 0 Å². The third kappa shape index (κ3) is 4.96. The Morgan fingerprint density at radius 3 is 2.69 bits per heavy atom. The van der Waals surface area contributed by atoms with Gasteiger partial charge in [-0.3, -0.25) is 4.79 Å². The number of amides is 1. The molecule has 0 bridgehead atoms. The second-order valence-electron chi connectivity index (χ2n) is 3.48. The van der Waals surface area contributed by atoms with Crippen LogP contribution >= 0.6 is 11.6 Å². The van der Waals surface area contributed by atoms with Gasteiger partial charge in [0.05, 0.1) is 6.10 Å². The van der Waals surface area contributed by atoms with Crippen molar-refractivity contribution in [3.63, 3.8) is 0 Å². The minimum absolute atomic E-state index is 0.226. The molecule has 0 aliphatic carbocycles. The summed E-state index contributed by atoms with van der Waals surface area (Å²) in [6.07, 6.45) is 2.58. The molecule has 1 aromatic rings. The van der Waals surface area contributed by atoms with E-state index < -0.39 is 6.10 Å². The molecule has 0 spiro atoms. The van der Waals surface area contributed by atoms with E-state index in [0.717, 1.165) is 5.56 Å². The smallest absolute Gasteiger partial charge is 0.244 e. The number of hydrogen-bond donors (Lipinski definition) is 2. The highest BCUT2D eigenvalue weighted by atomic mass is 35.5. The normalized spacial score (nSPS) is 12.7. The molecule has 1 atom stereocenters. The molecule has 0 unspecified atom stereocenters. The quantitative estimate of drug-likeness (QED) is 0.788. The average molecular weight is 240 g/mol. The van der Waals surface area contributed by atoms with E-state index in [2.05, 4.69) is 5.32 Å². The van der Waals surface area contributed by atoms with Gasteiger partial charge in [-0.25, -0.2) is 0 Å². The summed E-state index contributed by atoms with van der Waals surface area (Å²) in [6.45, 7) is 1.87. The first-order valence-corrected chi connectivity index (χ1v) is 5.35. The monoisotopic (exact) mass is 239 g/mol. The van der Waals surface area contributed by atoms with Crippen LogP contribution in [0.15, 0.2) is 30.3 Å². The highest BCUT2D eigenvalue weighted by Gasteiger charge is 1.98. The van der Waals surface area contributed by atoms with Gasteiger partial charge in [-0.15, -0.1) is 0 Å². The summed E-state index contributed by atoms with van der Waals surface area (Å²) >= 11 is 5.73. The number of benzene rings is 1. The van der Waals surface area contributed by atoms with Gasteiger partial charge in [0.1, 0.15) is 0 Å². The van der Waals surface area contributed by atoms with Crippen molar-refractivity contribution in [1.82, 2.24) is 5.32 Å². The van der Waals surface area contributed by atoms with Crippen LogP contribution in [0.5, 0.6) is 0 Å². The molecule has 1 amide bonds. The van der Waals surface area contributed by atoms with Crippen molar-refractivity contribution in [2.75, 3.05) is 6.54 Å². The van der Waals surface area contributed by atoms with E-state index in [4.69, 9.17) is 16.7 Å². The van der Waals surface area contributed by atoms with Crippen molar-refractivity contribution in [2.24, 2.45) is 0 Å². The van der Waals surface area contributed by atoms with Crippen LogP contribution in [0.25, 0.3) is 6.08 Å². The molecule has 0 aliphatic heterocycles. The predicted octanol–water partition coefficient (Wildman–Crippen LogP) is 1.85. The standard InChI is InChI=1S/C12H14ClNO2/c1-9(15)8-14-12(16)7-4-10-2-5-11(13)6-3-10/h2-7,9,15H,8H2,1H3,(H,14,16)/b7-4+/t9-/m1/s1. The summed E-state index contributed by atoms with van der Waals surface area (Å²) in [5.41, 5.74) is 0.900. The Hall–Kier alpha value is -1.32.